The largest absolute Gasteiger partial charge is 0.322 e. The summed E-state index contributed by atoms with van der Waals surface area (Å²) in [5.41, 5.74) is 2.63. The van der Waals surface area contributed by atoms with Gasteiger partial charge in [0.1, 0.15) is 0 Å². The molecule has 0 aliphatic carbocycles. The normalized spacial score (nSPS) is 11.7. The van der Waals surface area contributed by atoms with E-state index in [9.17, 15) is 13.2 Å². The minimum absolute atomic E-state index is 0.0117. The molecule has 0 spiro atoms. The molecule has 3 aromatic carbocycles. The first kappa shape index (κ1) is 23.0. The van der Waals surface area contributed by atoms with E-state index in [0.717, 1.165) is 11.1 Å². The molecule has 0 heterocycles. The summed E-state index contributed by atoms with van der Waals surface area (Å²) in [6.45, 7) is 4.29. The van der Waals surface area contributed by atoms with Gasteiger partial charge in [-0.25, -0.2) is 8.42 Å². The number of amides is 1. The van der Waals surface area contributed by atoms with Crippen molar-refractivity contribution >= 4 is 33.2 Å². The van der Waals surface area contributed by atoms with Crippen LogP contribution in [0.15, 0.2) is 77.7 Å². The smallest absolute Gasteiger partial charge is 0.257 e. The van der Waals surface area contributed by atoms with Gasteiger partial charge in [-0.2, -0.15) is 4.31 Å². The molecular weight excluding hydrogens is 432 g/mol. The van der Waals surface area contributed by atoms with E-state index in [-0.39, 0.29) is 27.9 Å². The van der Waals surface area contributed by atoms with E-state index in [2.05, 4.69) is 5.32 Å². The van der Waals surface area contributed by atoms with Gasteiger partial charge in [-0.05, 0) is 41.3 Å². The molecule has 3 rings (SSSR count). The Labute approximate surface area is 188 Å². The number of nitrogens with one attached hydrogen (secondary N) is 1. The average Bonchev–Trinajstić information content (AvgIpc) is 2.74. The second-order valence-corrected chi connectivity index (χ2v) is 10.0. The van der Waals surface area contributed by atoms with E-state index in [4.69, 9.17) is 11.6 Å². The summed E-state index contributed by atoms with van der Waals surface area (Å²) < 4.78 is 27.4. The molecule has 3 aromatic rings. The molecule has 0 aliphatic heterocycles. The summed E-state index contributed by atoms with van der Waals surface area (Å²) in [4.78, 5) is 13.0. The number of para-hydroxylation sites is 1. The quantitative estimate of drug-likeness (QED) is 0.507. The molecular formula is C24H25ClN2O3S. The van der Waals surface area contributed by atoms with E-state index in [0.29, 0.717) is 5.69 Å². The van der Waals surface area contributed by atoms with Gasteiger partial charge in [-0.1, -0.05) is 74.0 Å². The highest BCUT2D eigenvalue weighted by atomic mass is 35.5. The minimum atomic E-state index is -3.81. The van der Waals surface area contributed by atoms with Crippen molar-refractivity contribution in [2.75, 3.05) is 12.4 Å². The van der Waals surface area contributed by atoms with Crippen LogP contribution >= 0.6 is 11.6 Å². The summed E-state index contributed by atoms with van der Waals surface area (Å²) in [6, 6.07) is 21.0. The Morgan fingerprint density at radius 3 is 2.32 bits per heavy atom. The fraction of sp³-hybridized carbons (Fsp3) is 0.208. The molecule has 31 heavy (non-hydrogen) atoms. The van der Waals surface area contributed by atoms with Crippen LogP contribution in [0.5, 0.6) is 0 Å². The number of sulfonamides is 1. The van der Waals surface area contributed by atoms with Crippen LogP contribution in [0.25, 0.3) is 0 Å². The molecule has 0 atom stereocenters. The van der Waals surface area contributed by atoms with Crippen molar-refractivity contribution in [1.82, 2.24) is 4.31 Å². The van der Waals surface area contributed by atoms with E-state index < -0.39 is 15.9 Å². The Balaban J connectivity index is 1.88. The molecule has 162 valence electrons. The molecule has 0 aromatic heterocycles. The first-order chi connectivity index (χ1) is 14.7. The summed E-state index contributed by atoms with van der Waals surface area (Å²) in [6.07, 6.45) is 0. The van der Waals surface area contributed by atoms with Crippen LogP contribution in [-0.2, 0) is 16.6 Å². The molecule has 1 N–H and O–H groups in total. The monoisotopic (exact) mass is 456 g/mol. The number of carbonyl (C=O) groups excluding carboxylic acids is 1. The van der Waals surface area contributed by atoms with Gasteiger partial charge in [0.2, 0.25) is 10.0 Å². The zero-order chi connectivity index (χ0) is 22.6. The zero-order valence-electron chi connectivity index (χ0n) is 17.7. The lowest BCUT2D eigenvalue weighted by Crippen LogP contribution is -2.27. The molecule has 7 heteroatoms. The minimum Gasteiger partial charge on any atom is -0.322 e. The third-order valence-corrected chi connectivity index (χ3v) is 7.10. The number of hydrogen-bond acceptors (Lipinski definition) is 3. The fourth-order valence-electron chi connectivity index (χ4n) is 3.25. The lowest BCUT2D eigenvalue weighted by molar-refractivity contribution is 0.102. The standard InChI is InChI=1S/C24H25ClN2O3S/c1-17(2)20-11-7-8-12-23(20)26-24(28)21-15-19(13-14-22(21)25)31(29,30)27(3)16-18-9-5-4-6-10-18/h4-15,17H,16H2,1-3H3,(H,26,28). The topological polar surface area (TPSA) is 66.5 Å². The molecule has 0 aliphatic rings. The first-order valence-electron chi connectivity index (χ1n) is 9.90. The number of hydrogen-bond donors (Lipinski definition) is 1. The lowest BCUT2D eigenvalue weighted by atomic mass is 10.0. The highest BCUT2D eigenvalue weighted by molar-refractivity contribution is 7.89. The van der Waals surface area contributed by atoms with Crippen LogP contribution in [-0.4, -0.2) is 25.7 Å². The van der Waals surface area contributed by atoms with Crippen LogP contribution in [0.1, 0.15) is 41.3 Å². The third-order valence-electron chi connectivity index (χ3n) is 4.97. The van der Waals surface area contributed by atoms with Gasteiger partial charge in [0.15, 0.2) is 0 Å². The predicted octanol–water partition coefficient (Wildman–Crippen LogP) is 5.54. The number of carbonyl (C=O) groups is 1. The summed E-state index contributed by atoms with van der Waals surface area (Å²) >= 11 is 6.25. The maximum absolute atomic E-state index is 13.1. The number of benzene rings is 3. The SMILES string of the molecule is CC(C)c1ccccc1NC(=O)c1cc(S(=O)(=O)N(C)Cc2ccccc2)ccc1Cl. The summed E-state index contributed by atoms with van der Waals surface area (Å²) in [5, 5.41) is 3.05. The van der Waals surface area contributed by atoms with Gasteiger partial charge >= 0.3 is 0 Å². The van der Waals surface area contributed by atoms with Crippen LogP contribution < -0.4 is 5.32 Å². The Hall–Kier alpha value is -2.67. The molecule has 0 saturated carbocycles. The van der Waals surface area contributed by atoms with Crippen molar-refractivity contribution in [3.63, 3.8) is 0 Å². The van der Waals surface area contributed by atoms with Crippen molar-refractivity contribution in [3.8, 4) is 0 Å². The molecule has 1 amide bonds. The van der Waals surface area contributed by atoms with Crippen LogP contribution in [0.2, 0.25) is 5.02 Å². The predicted molar refractivity (Wildman–Crippen MR) is 125 cm³/mol. The van der Waals surface area contributed by atoms with Crippen molar-refractivity contribution in [1.29, 1.82) is 0 Å². The second kappa shape index (κ2) is 9.64. The molecule has 0 radical (unpaired) electrons. The van der Waals surface area contributed by atoms with Gasteiger partial charge in [-0.15, -0.1) is 0 Å². The Kier molecular flexibility index (Phi) is 7.15. The van der Waals surface area contributed by atoms with Gasteiger partial charge < -0.3 is 5.32 Å². The lowest BCUT2D eigenvalue weighted by Gasteiger charge is -2.18. The number of halogens is 1. The van der Waals surface area contributed by atoms with E-state index >= 15 is 0 Å². The van der Waals surface area contributed by atoms with Crippen molar-refractivity contribution < 1.29 is 13.2 Å². The van der Waals surface area contributed by atoms with E-state index in [1.807, 2.05) is 68.4 Å². The maximum atomic E-state index is 13.1. The van der Waals surface area contributed by atoms with Gasteiger partial charge in [0.25, 0.3) is 5.91 Å². The highest BCUT2D eigenvalue weighted by Crippen LogP contribution is 2.27. The van der Waals surface area contributed by atoms with Crippen LogP contribution in [0, 0.1) is 0 Å². The van der Waals surface area contributed by atoms with Crippen molar-refractivity contribution in [2.45, 2.75) is 31.2 Å². The van der Waals surface area contributed by atoms with Gasteiger partial charge in [-0.3, -0.25) is 4.79 Å². The van der Waals surface area contributed by atoms with Crippen LogP contribution in [0.3, 0.4) is 0 Å². The van der Waals surface area contributed by atoms with Gasteiger partial charge in [0.05, 0.1) is 15.5 Å². The van der Waals surface area contributed by atoms with E-state index in [1.165, 1.54) is 29.6 Å². The van der Waals surface area contributed by atoms with Crippen molar-refractivity contribution in [2.24, 2.45) is 0 Å². The maximum Gasteiger partial charge on any atom is 0.257 e. The number of nitrogens with zero attached hydrogens (tertiary/aromatic N) is 1. The van der Waals surface area contributed by atoms with Crippen molar-refractivity contribution in [3.05, 3.63) is 94.5 Å². The third kappa shape index (κ3) is 5.34. The number of anilines is 1. The molecule has 0 saturated heterocycles. The number of rotatable bonds is 7. The Morgan fingerprint density at radius 2 is 1.65 bits per heavy atom. The second-order valence-electron chi connectivity index (χ2n) is 7.58. The van der Waals surface area contributed by atoms with E-state index in [1.54, 1.807) is 0 Å². The molecule has 0 fully saturated rings. The Morgan fingerprint density at radius 1 is 1.00 bits per heavy atom. The zero-order valence-corrected chi connectivity index (χ0v) is 19.2. The Bertz CT molecular complexity index is 1180. The molecule has 0 unspecified atom stereocenters. The highest BCUT2D eigenvalue weighted by Gasteiger charge is 2.24. The summed E-state index contributed by atoms with van der Waals surface area (Å²) in [5.74, 6) is -0.244. The summed E-state index contributed by atoms with van der Waals surface area (Å²) in [7, 11) is -2.30. The molecule has 0 bridgehead atoms. The molecule has 5 nitrogen and oxygen atoms in total. The van der Waals surface area contributed by atoms with Gasteiger partial charge in [0, 0.05) is 19.3 Å². The first-order valence-corrected chi connectivity index (χ1v) is 11.7. The van der Waals surface area contributed by atoms with Crippen LogP contribution in [0.4, 0.5) is 5.69 Å². The fourth-order valence-corrected chi connectivity index (χ4v) is 4.64. The average molecular weight is 457 g/mol.